The van der Waals surface area contributed by atoms with E-state index in [0.717, 1.165) is 6.42 Å². The molecule has 100 valence electrons. The van der Waals surface area contributed by atoms with Gasteiger partial charge in [-0.1, -0.05) is 6.92 Å². The number of aromatic nitrogens is 1. The van der Waals surface area contributed by atoms with Crippen LogP contribution in [0.15, 0.2) is 18.3 Å². The third kappa shape index (κ3) is 3.51. The van der Waals surface area contributed by atoms with E-state index in [1.54, 1.807) is 18.3 Å². The summed E-state index contributed by atoms with van der Waals surface area (Å²) < 4.78 is 4.71. The molecule has 1 atom stereocenters. The zero-order valence-electron chi connectivity index (χ0n) is 11.1. The van der Waals surface area contributed by atoms with E-state index in [2.05, 4.69) is 10.3 Å². The lowest BCUT2D eigenvalue weighted by Gasteiger charge is -2.27. The zero-order chi connectivity index (χ0) is 13.6. The van der Waals surface area contributed by atoms with Crippen LogP contribution in [-0.2, 0) is 11.3 Å². The minimum Gasteiger partial charge on any atom is -0.465 e. The third-order valence-electron chi connectivity index (χ3n) is 3.11. The fraction of sp³-hybridized carbons (Fsp3) is 0.538. The van der Waals surface area contributed by atoms with Crippen LogP contribution in [0.3, 0.4) is 0 Å². The Morgan fingerprint density at radius 3 is 2.89 bits per heavy atom. The van der Waals surface area contributed by atoms with Crippen molar-refractivity contribution in [3.63, 3.8) is 0 Å². The van der Waals surface area contributed by atoms with Gasteiger partial charge in [0.25, 0.3) is 0 Å². The number of rotatable bonds is 6. The highest BCUT2D eigenvalue weighted by Crippen LogP contribution is 2.12. The van der Waals surface area contributed by atoms with Crippen LogP contribution in [0.1, 0.15) is 36.3 Å². The highest BCUT2D eigenvalue weighted by molar-refractivity contribution is 5.90. The van der Waals surface area contributed by atoms with Crippen molar-refractivity contribution in [1.82, 2.24) is 10.3 Å². The number of hydrogen-bond acceptors (Lipinski definition) is 5. The Balaban J connectivity index is 2.82. The van der Waals surface area contributed by atoms with Gasteiger partial charge in [-0.05, 0) is 25.5 Å². The number of ether oxygens (including phenoxy) is 1. The minimum absolute atomic E-state index is 0.0316. The van der Waals surface area contributed by atoms with Crippen LogP contribution in [0.4, 0.5) is 0 Å². The molecular weight excluding hydrogens is 232 g/mol. The Kier molecular flexibility index (Phi) is 5.25. The van der Waals surface area contributed by atoms with Crippen LogP contribution in [-0.4, -0.2) is 35.3 Å². The van der Waals surface area contributed by atoms with Gasteiger partial charge in [-0.3, -0.25) is 4.98 Å². The molecule has 18 heavy (non-hydrogen) atoms. The summed E-state index contributed by atoms with van der Waals surface area (Å²) >= 11 is 0. The maximum absolute atomic E-state index is 11.6. The summed E-state index contributed by atoms with van der Waals surface area (Å²) in [7, 11) is 1.34. The Morgan fingerprint density at radius 2 is 2.33 bits per heavy atom. The van der Waals surface area contributed by atoms with Gasteiger partial charge in [0, 0.05) is 18.3 Å². The Morgan fingerprint density at radius 1 is 1.61 bits per heavy atom. The van der Waals surface area contributed by atoms with Gasteiger partial charge in [0.1, 0.15) is 0 Å². The SMILES string of the molecule is CCC(C)(CO)NCc1ncccc1C(=O)OC. The largest absolute Gasteiger partial charge is 0.465 e. The number of nitrogens with one attached hydrogen (secondary N) is 1. The molecule has 0 aromatic carbocycles. The fourth-order valence-electron chi connectivity index (χ4n) is 1.46. The maximum atomic E-state index is 11.6. The van der Waals surface area contributed by atoms with Crippen LogP contribution in [0, 0.1) is 0 Å². The third-order valence-corrected chi connectivity index (χ3v) is 3.11. The van der Waals surface area contributed by atoms with Gasteiger partial charge in [0.2, 0.25) is 0 Å². The van der Waals surface area contributed by atoms with Crippen molar-refractivity contribution in [2.24, 2.45) is 0 Å². The van der Waals surface area contributed by atoms with E-state index in [1.165, 1.54) is 7.11 Å². The lowest BCUT2D eigenvalue weighted by atomic mass is 10.00. The minimum atomic E-state index is -0.401. The van der Waals surface area contributed by atoms with Crippen LogP contribution in [0.5, 0.6) is 0 Å². The topological polar surface area (TPSA) is 71.5 Å². The molecule has 1 heterocycles. The molecule has 0 radical (unpaired) electrons. The molecule has 5 heteroatoms. The van der Waals surface area contributed by atoms with Gasteiger partial charge >= 0.3 is 5.97 Å². The predicted molar refractivity (Wildman–Crippen MR) is 68.2 cm³/mol. The molecule has 1 rings (SSSR count). The lowest BCUT2D eigenvalue weighted by Crippen LogP contribution is -2.44. The molecule has 0 aliphatic heterocycles. The summed E-state index contributed by atoms with van der Waals surface area (Å²) in [4.78, 5) is 15.7. The van der Waals surface area contributed by atoms with Crippen LogP contribution in [0.25, 0.3) is 0 Å². The first kappa shape index (κ1) is 14.6. The molecule has 0 bridgehead atoms. The first-order valence-electron chi connectivity index (χ1n) is 5.94. The number of carbonyl (C=O) groups excluding carboxylic acids is 1. The van der Waals surface area contributed by atoms with Crippen molar-refractivity contribution in [1.29, 1.82) is 0 Å². The van der Waals surface area contributed by atoms with Crippen LogP contribution >= 0.6 is 0 Å². The molecule has 0 fully saturated rings. The average molecular weight is 252 g/mol. The highest BCUT2D eigenvalue weighted by Gasteiger charge is 2.21. The van der Waals surface area contributed by atoms with Gasteiger partial charge in [0.05, 0.1) is 25.0 Å². The maximum Gasteiger partial charge on any atom is 0.339 e. The van der Waals surface area contributed by atoms with Crippen molar-refractivity contribution in [2.75, 3.05) is 13.7 Å². The normalized spacial score (nSPS) is 14.0. The molecule has 0 amide bonds. The number of methoxy groups -OCH3 is 1. The van der Waals surface area contributed by atoms with Gasteiger partial charge in [0.15, 0.2) is 0 Å². The molecule has 1 unspecified atom stereocenters. The Hall–Kier alpha value is -1.46. The second-order valence-corrected chi connectivity index (χ2v) is 4.42. The van der Waals surface area contributed by atoms with E-state index < -0.39 is 5.97 Å². The van der Waals surface area contributed by atoms with Crippen molar-refractivity contribution in [2.45, 2.75) is 32.4 Å². The number of aliphatic hydroxyl groups excluding tert-OH is 1. The van der Waals surface area contributed by atoms with Crippen LogP contribution < -0.4 is 5.32 Å². The van der Waals surface area contributed by atoms with Gasteiger partial charge in [-0.2, -0.15) is 0 Å². The second kappa shape index (κ2) is 6.47. The van der Waals surface area contributed by atoms with Crippen molar-refractivity contribution < 1.29 is 14.6 Å². The summed E-state index contributed by atoms with van der Waals surface area (Å²) in [6.45, 7) is 4.36. The molecule has 0 saturated heterocycles. The monoisotopic (exact) mass is 252 g/mol. The summed E-state index contributed by atoms with van der Waals surface area (Å²) in [5.74, 6) is -0.401. The van der Waals surface area contributed by atoms with Gasteiger partial charge in [-0.25, -0.2) is 4.79 Å². The smallest absolute Gasteiger partial charge is 0.339 e. The highest BCUT2D eigenvalue weighted by atomic mass is 16.5. The molecule has 2 N–H and O–H groups in total. The molecule has 1 aromatic heterocycles. The van der Waals surface area contributed by atoms with E-state index in [9.17, 15) is 9.90 Å². The number of nitrogens with zero attached hydrogens (tertiary/aromatic N) is 1. The average Bonchev–Trinajstić information content (AvgIpc) is 2.44. The summed E-state index contributed by atoms with van der Waals surface area (Å²) in [6, 6.07) is 3.37. The summed E-state index contributed by atoms with van der Waals surface area (Å²) in [5, 5.41) is 12.5. The lowest BCUT2D eigenvalue weighted by molar-refractivity contribution is 0.0598. The molecule has 0 spiro atoms. The van der Waals surface area contributed by atoms with Gasteiger partial charge < -0.3 is 15.2 Å². The summed E-state index contributed by atoms with van der Waals surface area (Å²) in [6.07, 6.45) is 2.41. The number of carbonyl (C=O) groups is 1. The number of aliphatic hydroxyl groups is 1. The second-order valence-electron chi connectivity index (χ2n) is 4.42. The number of hydrogen-bond donors (Lipinski definition) is 2. The zero-order valence-corrected chi connectivity index (χ0v) is 11.1. The molecule has 1 aromatic rings. The van der Waals surface area contributed by atoms with E-state index in [4.69, 9.17) is 4.74 Å². The molecule has 0 aliphatic rings. The molecule has 0 aliphatic carbocycles. The first-order chi connectivity index (χ1) is 8.56. The first-order valence-corrected chi connectivity index (χ1v) is 5.94. The molecule has 5 nitrogen and oxygen atoms in total. The van der Waals surface area contributed by atoms with Crippen molar-refractivity contribution in [3.8, 4) is 0 Å². The fourth-order valence-corrected chi connectivity index (χ4v) is 1.46. The van der Waals surface area contributed by atoms with Crippen molar-refractivity contribution >= 4 is 5.97 Å². The van der Waals surface area contributed by atoms with E-state index >= 15 is 0 Å². The quantitative estimate of drug-likeness (QED) is 0.742. The Labute approximate surface area is 107 Å². The summed E-state index contributed by atoms with van der Waals surface area (Å²) in [5.41, 5.74) is 0.701. The predicted octanol–water partition coefficient (Wildman–Crippen LogP) is 1.12. The van der Waals surface area contributed by atoms with E-state index in [1.807, 2.05) is 13.8 Å². The van der Waals surface area contributed by atoms with Crippen LogP contribution in [0.2, 0.25) is 0 Å². The van der Waals surface area contributed by atoms with E-state index in [-0.39, 0.29) is 12.1 Å². The van der Waals surface area contributed by atoms with Crippen molar-refractivity contribution in [3.05, 3.63) is 29.6 Å². The van der Waals surface area contributed by atoms with E-state index in [0.29, 0.717) is 17.8 Å². The molecule has 0 saturated carbocycles. The number of esters is 1. The molecular formula is C13H20N2O3. The Bertz CT molecular complexity index is 403. The van der Waals surface area contributed by atoms with Gasteiger partial charge in [-0.15, -0.1) is 0 Å². The standard InChI is InChI=1S/C13H20N2O3/c1-4-13(2,9-16)15-8-11-10(12(17)18-3)6-5-7-14-11/h5-7,15-16H,4,8-9H2,1-3H3. The number of pyridine rings is 1.